The molecule has 0 aromatic carbocycles. The third kappa shape index (κ3) is 2.89. The van der Waals surface area contributed by atoms with Crippen molar-refractivity contribution in [2.24, 2.45) is 0 Å². The second-order valence-electron chi connectivity index (χ2n) is 4.17. The fourth-order valence-electron chi connectivity index (χ4n) is 1.99. The van der Waals surface area contributed by atoms with E-state index in [0.29, 0.717) is 6.42 Å². The number of nitrogens with one attached hydrogen (secondary N) is 1. The molecule has 0 aromatic rings. The van der Waals surface area contributed by atoms with E-state index in [-0.39, 0.29) is 6.61 Å². The van der Waals surface area contributed by atoms with Gasteiger partial charge >= 0.3 is 0 Å². The Bertz CT molecular complexity index is 190. The first kappa shape index (κ1) is 12.9. The molecule has 90 valence electrons. The molecule has 0 aromatic heterocycles. The highest BCUT2D eigenvalue weighted by Crippen LogP contribution is 2.19. The molecule has 1 saturated heterocycles. The Labute approximate surface area is 89.7 Å². The second-order valence-corrected chi connectivity index (χ2v) is 4.17. The van der Waals surface area contributed by atoms with Crippen LogP contribution in [0.3, 0.4) is 0 Å². The van der Waals surface area contributed by atoms with Crippen LogP contribution in [0.5, 0.6) is 0 Å². The van der Waals surface area contributed by atoms with E-state index in [9.17, 15) is 15.3 Å². The summed E-state index contributed by atoms with van der Waals surface area (Å²) in [6.45, 7) is 1.78. The molecule has 0 unspecified atom stereocenters. The standard InChI is InChI=1S/C10H21NO4/c1-2-3-4-7(13)8-10(15)9(14)6(5-12)11-8/h6-15H,2-5H2,1H3/t6-,7-,8-,9-,10-/m1/s1. The van der Waals surface area contributed by atoms with Crippen molar-refractivity contribution in [2.45, 2.75) is 56.6 Å². The van der Waals surface area contributed by atoms with Gasteiger partial charge in [-0.2, -0.15) is 0 Å². The third-order valence-electron chi connectivity index (χ3n) is 3.00. The number of unbranched alkanes of at least 4 members (excludes halogenated alkanes) is 1. The summed E-state index contributed by atoms with van der Waals surface area (Å²) in [4.78, 5) is 0. The molecule has 0 aliphatic carbocycles. The second kappa shape index (κ2) is 5.77. The lowest BCUT2D eigenvalue weighted by Crippen LogP contribution is -2.44. The number of rotatable bonds is 5. The minimum Gasteiger partial charge on any atom is -0.395 e. The van der Waals surface area contributed by atoms with Gasteiger partial charge in [0.05, 0.1) is 37.0 Å². The highest BCUT2D eigenvalue weighted by Gasteiger charge is 2.43. The summed E-state index contributed by atoms with van der Waals surface area (Å²) in [5.41, 5.74) is 0. The van der Waals surface area contributed by atoms with Crippen LogP contribution in [0.1, 0.15) is 26.2 Å². The van der Waals surface area contributed by atoms with Crippen LogP contribution in [0, 0.1) is 0 Å². The molecule has 1 rings (SSSR count). The monoisotopic (exact) mass is 219 g/mol. The first-order valence-electron chi connectivity index (χ1n) is 5.53. The van der Waals surface area contributed by atoms with E-state index in [1.807, 2.05) is 6.92 Å². The Hall–Kier alpha value is -0.200. The normalized spacial score (nSPS) is 38.2. The number of aliphatic hydroxyl groups is 4. The Morgan fingerprint density at radius 2 is 1.93 bits per heavy atom. The Balaban J connectivity index is 2.48. The molecule has 1 heterocycles. The predicted molar refractivity (Wildman–Crippen MR) is 55.3 cm³/mol. The van der Waals surface area contributed by atoms with E-state index in [2.05, 4.69) is 5.32 Å². The maximum absolute atomic E-state index is 9.77. The predicted octanol–water partition coefficient (Wildman–Crippen LogP) is -1.41. The first-order chi connectivity index (χ1) is 7.11. The fraction of sp³-hybridized carbons (Fsp3) is 1.00. The van der Waals surface area contributed by atoms with Gasteiger partial charge in [0.2, 0.25) is 0 Å². The van der Waals surface area contributed by atoms with Crippen molar-refractivity contribution in [2.75, 3.05) is 6.61 Å². The van der Waals surface area contributed by atoms with Crippen LogP contribution in [0.4, 0.5) is 0 Å². The van der Waals surface area contributed by atoms with Gasteiger partial charge < -0.3 is 25.7 Å². The minimum absolute atomic E-state index is 0.241. The Kier molecular flexibility index (Phi) is 4.95. The molecule has 15 heavy (non-hydrogen) atoms. The van der Waals surface area contributed by atoms with Crippen LogP contribution in [0.15, 0.2) is 0 Å². The maximum atomic E-state index is 9.77. The summed E-state index contributed by atoms with van der Waals surface area (Å²) in [5, 5.41) is 40.7. The molecule has 0 amide bonds. The molecule has 0 bridgehead atoms. The summed E-state index contributed by atoms with van der Waals surface area (Å²) in [6.07, 6.45) is -0.232. The van der Waals surface area contributed by atoms with Crippen molar-refractivity contribution in [3.8, 4) is 0 Å². The lowest BCUT2D eigenvalue weighted by molar-refractivity contribution is -0.00435. The van der Waals surface area contributed by atoms with Gasteiger partial charge in [0.25, 0.3) is 0 Å². The molecular formula is C10H21NO4. The molecule has 5 nitrogen and oxygen atoms in total. The first-order valence-corrected chi connectivity index (χ1v) is 5.53. The third-order valence-corrected chi connectivity index (χ3v) is 3.00. The van der Waals surface area contributed by atoms with E-state index in [4.69, 9.17) is 5.11 Å². The van der Waals surface area contributed by atoms with E-state index < -0.39 is 30.4 Å². The zero-order chi connectivity index (χ0) is 11.4. The average Bonchev–Trinajstić information content (AvgIpc) is 2.52. The molecule has 5 heteroatoms. The molecular weight excluding hydrogens is 198 g/mol. The number of hydrogen-bond donors (Lipinski definition) is 5. The molecule has 1 aliphatic rings. The molecule has 5 N–H and O–H groups in total. The van der Waals surface area contributed by atoms with Gasteiger partial charge in [-0.15, -0.1) is 0 Å². The summed E-state index contributed by atoms with van der Waals surface area (Å²) in [6, 6.07) is -1.08. The van der Waals surface area contributed by atoms with Crippen molar-refractivity contribution < 1.29 is 20.4 Å². The number of aliphatic hydroxyl groups excluding tert-OH is 4. The van der Waals surface area contributed by atoms with Crippen LogP contribution >= 0.6 is 0 Å². The lowest BCUT2D eigenvalue weighted by Gasteiger charge is -2.21. The minimum atomic E-state index is -1.01. The van der Waals surface area contributed by atoms with Crippen LogP contribution < -0.4 is 5.32 Å². The Morgan fingerprint density at radius 1 is 1.27 bits per heavy atom. The van der Waals surface area contributed by atoms with E-state index >= 15 is 0 Å². The highest BCUT2D eigenvalue weighted by atomic mass is 16.3. The highest BCUT2D eigenvalue weighted by molar-refractivity contribution is 5.00. The van der Waals surface area contributed by atoms with Crippen LogP contribution in [-0.4, -0.2) is 57.4 Å². The van der Waals surface area contributed by atoms with Crippen molar-refractivity contribution in [3.05, 3.63) is 0 Å². The van der Waals surface area contributed by atoms with Crippen LogP contribution in [0.2, 0.25) is 0 Å². The van der Waals surface area contributed by atoms with Crippen molar-refractivity contribution in [1.82, 2.24) is 5.32 Å². The van der Waals surface area contributed by atoms with Gasteiger partial charge in [-0.25, -0.2) is 0 Å². The van der Waals surface area contributed by atoms with Gasteiger partial charge in [-0.05, 0) is 6.42 Å². The van der Waals surface area contributed by atoms with Crippen molar-refractivity contribution >= 4 is 0 Å². The number of hydrogen-bond acceptors (Lipinski definition) is 5. The van der Waals surface area contributed by atoms with E-state index in [1.54, 1.807) is 0 Å². The molecule has 0 radical (unpaired) electrons. The van der Waals surface area contributed by atoms with Crippen molar-refractivity contribution in [1.29, 1.82) is 0 Å². The molecule has 0 spiro atoms. The quantitative estimate of drug-likeness (QED) is 0.392. The SMILES string of the molecule is CCCC[C@@H](O)[C@H]1N[C@H](CO)[C@@H](O)[C@@H]1O. The largest absolute Gasteiger partial charge is 0.395 e. The van der Waals surface area contributed by atoms with Gasteiger partial charge in [-0.3, -0.25) is 0 Å². The van der Waals surface area contributed by atoms with Crippen LogP contribution in [-0.2, 0) is 0 Å². The fourth-order valence-corrected chi connectivity index (χ4v) is 1.99. The maximum Gasteiger partial charge on any atom is 0.0993 e. The Morgan fingerprint density at radius 3 is 2.40 bits per heavy atom. The van der Waals surface area contributed by atoms with Gasteiger partial charge in [0.1, 0.15) is 0 Å². The summed E-state index contributed by atoms with van der Waals surface area (Å²) in [7, 11) is 0. The molecule has 0 saturated carbocycles. The molecule has 1 fully saturated rings. The van der Waals surface area contributed by atoms with Crippen molar-refractivity contribution in [3.63, 3.8) is 0 Å². The zero-order valence-corrected chi connectivity index (χ0v) is 9.00. The summed E-state index contributed by atoms with van der Waals surface area (Å²) in [5.74, 6) is 0. The topological polar surface area (TPSA) is 93.0 Å². The smallest absolute Gasteiger partial charge is 0.0993 e. The molecule has 5 atom stereocenters. The van der Waals surface area contributed by atoms with E-state index in [0.717, 1.165) is 12.8 Å². The zero-order valence-electron chi connectivity index (χ0n) is 9.00. The van der Waals surface area contributed by atoms with Gasteiger partial charge in [0, 0.05) is 0 Å². The summed E-state index contributed by atoms with van der Waals surface area (Å²) >= 11 is 0. The lowest BCUT2D eigenvalue weighted by atomic mass is 10.00. The van der Waals surface area contributed by atoms with E-state index in [1.165, 1.54) is 0 Å². The van der Waals surface area contributed by atoms with Crippen LogP contribution in [0.25, 0.3) is 0 Å². The summed E-state index contributed by atoms with van der Waals surface area (Å²) < 4.78 is 0. The van der Waals surface area contributed by atoms with Gasteiger partial charge in [-0.1, -0.05) is 19.8 Å². The van der Waals surface area contributed by atoms with Gasteiger partial charge in [0.15, 0.2) is 0 Å². The average molecular weight is 219 g/mol. The molecule has 1 aliphatic heterocycles.